The van der Waals surface area contributed by atoms with E-state index in [-0.39, 0.29) is 12.8 Å². The number of benzene rings is 2. The van der Waals surface area contributed by atoms with Crippen LogP contribution in [0.15, 0.2) is 30.3 Å². The molecule has 2 aromatic carbocycles. The van der Waals surface area contributed by atoms with Crippen molar-refractivity contribution in [2.75, 3.05) is 34.6 Å². The van der Waals surface area contributed by atoms with Crippen molar-refractivity contribution in [1.82, 2.24) is 0 Å². The van der Waals surface area contributed by atoms with Gasteiger partial charge < -0.3 is 29.0 Å². The summed E-state index contributed by atoms with van der Waals surface area (Å²) in [6.45, 7) is 1.21. The first-order valence-electron chi connectivity index (χ1n) is 9.26. The Hall–Kier alpha value is -2.44. The summed E-state index contributed by atoms with van der Waals surface area (Å²) in [5.74, 6) is 2.95. The second-order valence-electron chi connectivity index (χ2n) is 7.14. The number of fused-ring (bicyclic) bond motifs is 2. The van der Waals surface area contributed by atoms with Gasteiger partial charge in [-0.25, -0.2) is 0 Å². The lowest BCUT2D eigenvalue weighted by atomic mass is 9.87. The van der Waals surface area contributed by atoms with Crippen LogP contribution < -0.4 is 23.8 Å². The first kappa shape index (κ1) is 17.9. The number of rotatable bonds is 5. The highest BCUT2D eigenvalue weighted by Crippen LogP contribution is 2.48. The van der Waals surface area contributed by atoms with Crippen LogP contribution in [0.4, 0.5) is 0 Å². The maximum absolute atomic E-state index is 10.9. The number of ether oxygens (including phenoxy) is 4. The average Bonchev–Trinajstić information content (AvgIpc) is 3.16. The van der Waals surface area contributed by atoms with Crippen molar-refractivity contribution in [3.8, 4) is 23.0 Å². The summed E-state index contributed by atoms with van der Waals surface area (Å²) in [5, 5.41) is 10.9. The van der Waals surface area contributed by atoms with E-state index in [0.29, 0.717) is 12.2 Å². The minimum absolute atomic E-state index is 0.107. The van der Waals surface area contributed by atoms with Gasteiger partial charge in [-0.15, -0.1) is 0 Å². The lowest BCUT2D eigenvalue weighted by molar-refractivity contribution is -0.915. The van der Waals surface area contributed by atoms with Gasteiger partial charge in [-0.1, -0.05) is 12.1 Å². The first-order valence-corrected chi connectivity index (χ1v) is 9.26. The number of hydrogen-bond donors (Lipinski definition) is 2. The van der Waals surface area contributed by atoms with Crippen LogP contribution in [0.25, 0.3) is 0 Å². The zero-order chi connectivity index (χ0) is 19.0. The van der Waals surface area contributed by atoms with Crippen LogP contribution in [0, 0.1) is 0 Å². The third-order valence-corrected chi connectivity index (χ3v) is 5.64. The van der Waals surface area contributed by atoms with Gasteiger partial charge >= 0.3 is 0 Å². The number of likely N-dealkylation sites (N-methyl/N-ethyl adjacent to an activating group) is 1. The molecule has 0 saturated carbocycles. The van der Waals surface area contributed by atoms with Gasteiger partial charge in [0.25, 0.3) is 0 Å². The topological polar surface area (TPSA) is 61.6 Å². The van der Waals surface area contributed by atoms with E-state index in [9.17, 15) is 5.11 Å². The van der Waals surface area contributed by atoms with Crippen molar-refractivity contribution >= 4 is 0 Å². The molecule has 0 aliphatic carbocycles. The number of quaternary nitrogens is 1. The number of aliphatic hydroxyl groups excluding tert-OH is 1. The SMILES string of the molecule is COc1ccc([C@H](O)C[C@@H]2c3c(cc4c(c3OC)OCO4)CC[NH+]2C)cc1. The van der Waals surface area contributed by atoms with Crippen LogP contribution in [0.1, 0.15) is 35.3 Å². The predicted molar refractivity (Wildman–Crippen MR) is 99.9 cm³/mol. The summed E-state index contributed by atoms with van der Waals surface area (Å²) in [7, 11) is 5.47. The van der Waals surface area contributed by atoms with E-state index in [0.717, 1.165) is 41.3 Å². The Morgan fingerprint density at radius 1 is 1.19 bits per heavy atom. The minimum atomic E-state index is -0.572. The van der Waals surface area contributed by atoms with E-state index in [1.807, 2.05) is 24.3 Å². The maximum atomic E-state index is 10.9. The fraction of sp³-hybridized carbons (Fsp3) is 0.429. The van der Waals surface area contributed by atoms with E-state index in [1.54, 1.807) is 14.2 Å². The third-order valence-electron chi connectivity index (χ3n) is 5.64. The Morgan fingerprint density at radius 3 is 2.67 bits per heavy atom. The first-order chi connectivity index (χ1) is 13.1. The third kappa shape index (κ3) is 3.19. The van der Waals surface area contributed by atoms with Crippen molar-refractivity contribution in [2.45, 2.75) is 25.0 Å². The quantitative estimate of drug-likeness (QED) is 0.836. The standard InChI is InChI=1S/C21H25NO5/c1-22-9-8-14-10-18-20(27-12-26-18)21(25-3)19(14)16(22)11-17(23)13-4-6-15(24-2)7-5-13/h4-7,10,16-17,23H,8-9,11-12H2,1-3H3/p+1/t16-,17-/m1/s1. The molecule has 4 rings (SSSR count). The molecule has 6 heteroatoms. The molecule has 6 nitrogen and oxygen atoms in total. The monoisotopic (exact) mass is 372 g/mol. The normalized spacial score (nSPS) is 21.5. The summed E-state index contributed by atoms with van der Waals surface area (Å²) in [5.41, 5.74) is 3.22. The van der Waals surface area contributed by atoms with Crippen molar-refractivity contribution in [3.63, 3.8) is 0 Å². The molecule has 2 aliphatic rings. The van der Waals surface area contributed by atoms with E-state index < -0.39 is 6.10 Å². The molecule has 2 aromatic rings. The molecule has 3 atom stereocenters. The Balaban J connectivity index is 1.67. The Labute approximate surface area is 159 Å². The fourth-order valence-electron chi connectivity index (χ4n) is 4.13. The molecule has 144 valence electrons. The van der Waals surface area contributed by atoms with E-state index in [4.69, 9.17) is 18.9 Å². The van der Waals surface area contributed by atoms with Crippen LogP contribution >= 0.6 is 0 Å². The van der Waals surface area contributed by atoms with Gasteiger partial charge in [0.15, 0.2) is 11.5 Å². The molecular weight excluding hydrogens is 346 g/mol. The number of hydrogen-bond acceptors (Lipinski definition) is 5. The van der Waals surface area contributed by atoms with Crippen LogP contribution in [0.5, 0.6) is 23.0 Å². The van der Waals surface area contributed by atoms with Crippen LogP contribution in [0.3, 0.4) is 0 Å². The van der Waals surface area contributed by atoms with Gasteiger partial charge in [0.05, 0.1) is 39.5 Å². The lowest BCUT2D eigenvalue weighted by Crippen LogP contribution is -3.10. The van der Waals surface area contributed by atoms with E-state index in [1.165, 1.54) is 10.5 Å². The average molecular weight is 372 g/mol. The van der Waals surface area contributed by atoms with Gasteiger partial charge in [0.2, 0.25) is 12.5 Å². The molecule has 0 amide bonds. The van der Waals surface area contributed by atoms with Gasteiger partial charge in [0.1, 0.15) is 11.8 Å². The van der Waals surface area contributed by atoms with Gasteiger partial charge in [-0.3, -0.25) is 0 Å². The van der Waals surface area contributed by atoms with Crippen LogP contribution in [-0.2, 0) is 6.42 Å². The molecule has 2 heterocycles. The molecule has 2 aliphatic heterocycles. The Kier molecular flexibility index (Phi) is 4.85. The molecule has 0 aromatic heterocycles. The minimum Gasteiger partial charge on any atom is -0.497 e. The van der Waals surface area contributed by atoms with Gasteiger partial charge in [-0.2, -0.15) is 0 Å². The lowest BCUT2D eigenvalue weighted by Gasteiger charge is -2.34. The highest BCUT2D eigenvalue weighted by Gasteiger charge is 2.37. The molecule has 0 spiro atoms. The second-order valence-corrected chi connectivity index (χ2v) is 7.14. The highest BCUT2D eigenvalue weighted by atomic mass is 16.7. The smallest absolute Gasteiger partial charge is 0.231 e. The summed E-state index contributed by atoms with van der Waals surface area (Å²) >= 11 is 0. The van der Waals surface area contributed by atoms with Gasteiger partial charge in [-0.05, 0) is 29.3 Å². The fourth-order valence-corrected chi connectivity index (χ4v) is 4.13. The molecule has 0 saturated heterocycles. The zero-order valence-corrected chi connectivity index (χ0v) is 16.0. The van der Waals surface area contributed by atoms with E-state index >= 15 is 0 Å². The molecule has 2 N–H and O–H groups in total. The molecule has 0 bridgehead atoms. The summed E-state index contributed by atoms with van der Waals surface area (Å²) in [4.78, 5) is 1.35. The molecule has 0 radical (unpaired) electrons. The molecule has 1 unspecified atom stereocenters. The van der Waals surface area contributed by atoms with E-state index in [2.05, 4.69) is 13.1 Å². The van der Waals surface area contributed by atoms with Crippen molar-refractivity contribution in [3.05, 3.63) is 47.0 Å². The highest BCUT2D eigenvalue weighted by molar-refractivity contribution is 5.61. The molecule has 27 heavy (non-hydrogen) atoms. The molecule has 0 fully saturated rings. The Morgan fingerprint density at radius 2 is 1.96 bits per heavy atom. The van der Waals surface area contributed by atoms with Crippen molar-refractivity contribution < 1.29 is 29.0 Å². The second kappa shape index (κ2) is 7.29. The maximum Gasteiger partial charge on any atom is 0.231 e. The van der Waals surface area contributed by atoms with Crippen LogP contribution in [0.2, 0.25) is 0 Å². The number of methoxy groups -OCH3 is 2. The summed E-state index contributed by atoms with van der Waals surface area (Å²) < 4.78 is 22.2. The number of aliphatic hydroxyl groups is 1. The Bertz CT molecular complexity index is 820. The number of nitrogens with one attached hydrogen (secondary N) is 1. The summed E-state index contributed by atoms with van der Waals surface area (Å²) in [6, 6.07) is 9.76. The molecular formula is C21H26NO5+. The van der Waals surface area contributed by atoms with Crippen LogP contribution in [-0.4, -0.2) is 39.7 Å². The zero-order valence-electron chi connectivity index (χ0n) is 16.0. The van der Waals surface area contributed by atoms with Crippen molar-refractivity contribution in [2.24, 2.45) is 0 Å². The predicted octanol–water partition coefficient (Wildman–Crippen LogP) is 1.67. The van der Waals surface area contributed by atoms with Gasteiger partial charge in [0, 0.05) is 12.8 Å². The summed E-state index contributed by atoms with van der Waals surface area (Å²) in [6.07, 6.45) is 0.974. The largest absolute Gasteiger partial charge is 0.497 e. The van der Waals surface area contributed by atoms with Crippen molar-refractivity contribution in [1.29, 1.82) is 0 Å².